The fraction of sp³-hybridized carbons (Fsp3) is 0.467. The summed E-state index contributed by atoms with van der Waals surface area (Å²) in [5.41, 5.74) is 5.27. The van der Waals surface area contributed by atoms with Crippen molar-refractivity contribution in [1.29, 1.82) is 0 Å². The van der Waals surface area contributed by atoms with E-state index in [1.165, 1.54) is 22.6 Å². The molecule has 10 heteroatoms. The Morgan fingerprint density at radius 2 is 1.64 bits per heavy atom. The van der Waals surface area contributed by atoms with Crippen molar-refractivity contribution < 1.29 is 29.7 Å². The fourth-order valence-corrected chi connectivity index (χ4v) is 2.40. The molecule has 3 nitrogen and oxygen atoms in total. The normalized spacial score (nSPS) is 14.5. The molecule has 0 radical (unpaired) electrons. The summed E-state index contributed by atoms with van der Waals surface area (Å²) in [4.78, 5) is 7.23. The van der Waals surface area contributed by atoms with Crippen molar-refractivity contribution in [3.63, 3.8) is 0 Å². The molecule has 0 aliphatic heterocycles. The Hall–Kier alpha value is -1.63. The molecule has 0 aliphatic rings. The van der Waals surface area contributed by atoms with Crippen molar-refractivity contribution >= 4 is 7.81 Å². The number of imidazole rings is 1. The minimum absolute atomic E-state index is 0.547. The average molecular weight is 389 g/mol. The molecule has 2 aromatic rings. The summed E-state index contributed by atoms with van der Waals surface area (Å²) in [6, 6.07) is 4.55. The van der Waals surface area contributed by atoms with Crippen LogP contribution in [0, 0.1) is 13.8 Å². The third kappa shape index (κ3) is 10.1. The molecule has 0 aromatic carbocycles. The topological polar surface area (TPSA) is 32.6 Å². The van der Waals surface area contributed by atoms with Crippen LogP contribution in [0.1, 0.15) is 42.4 Å². The van der Waals surface area contributed by atoms with E-state index in [4.69, 9.17) is 0 Å². The van der Waals surface area contributed by atoms with Crippen molar-refractivity contribution in [1.82, 2.24) is 9.97 Å². The quantitative estimate of drug-likeness (QED) is 0.385. The van der Waals surface area contributed by atoms with Crippen LogP contribution >= 0.6 is 7.81 Å². The first-order chi connectivity index (χ1) is 11.0. The summed E-state index contributed by atoms with van der Waals surface area (Å²) in [5.74, 6) is 0.547. The van der Waals surface area contributed by atoms with Gasteiger partial charge in [-0.05, 0) is 12.5 Å². The Morgan fingerprint density at radius 3 is 2.08 bits per heavy atom. The van der Waals surface area contributed by atoms with Gasteiger partial charge in [0.05, 0.1) is 6.33 Å². The van der Waals surface area contributed by atoms with E-state index in [-0.39, 0.29) is 0 Å². The van der Waals surface area contributed by atoms with Crippen LogP contribution in [0.5, 0.6) is 0 Å². The zero-order valence-corrected chi connectivity index (χ0v) is 15.3. The van der Waals surface area contributed by atoms with Gasteiger partial charge in [0.15, 0.2) is 17.9 Å². The molecule has 2 heterocycles. The first kappa shape index (κ1) is 21.4. The van der Waals surface area contributed by atoms with Crippen molar-refractivity contribution in [3.8, 4) is 0 Å². The minimum atomic E-state index is -10.7. The molecule has 2 rings (SSSR count). The first-order valence-corrected chi connectivity index (χ1v) is 9.60. The Kier molecular flexibility index (Phi) is 5.65. The molecule has 0 fully saturated rings. The van der Waals surface area contributed by atoms with E-state index < -0.39 is 7.81 Å². The zero-order chi connectivity index (χ0) is 19.5. The molecule has 0 saturated heterocycles. The fourth-order valence-electron chi connectivity index (χ4n) is 2.40. The van der Waals surface area contributed by atoms with Crippen molar-refractivity contribution in [2.24, 2.45) is 0 Å². The Labute approximate surface area is 142 Å². The number of aromatic nitrogens is 3. The summed E-state index contributed by atoms with van der Waals surface area (Å²) >= 11 is 0. The molecule has 0 atom stereocenters. The number of halogens is 6. The molecular formula is C15H22F6N3P. The molecule has 0 amide bonds. The van der Waals surface area contributed by atoms with Crippen LogP contribution in [-0.4, -0.2) is 9.97 Å². The van der Waals surface area contributed by atoms with Gasteiger partial charge in [-0.25, -0.2) is 4.98 Å². The molecule has 2 aromatic heterocycles. The third-order valence-electron chi connectivity index (χ3n) is 3.30. The summed E-state index contributed by atoms with van der Waals surface area (Å²) < 4.78 is 61.6. The molecule has 0 saturated carbocycles. The Morgan fingerprint density at radius 1 is 1.08 bits per heavy atom. The summed E-state index contributed by atoms with van der Waals surface area (Å²) in [6.45, 7) is 9.85. The van der Waals surface area contributed by atoms with Crippen LogP contribution in [0.3, 0.4) is 0 Å². The van der Waals surface area contributed by atoms with Crippen molar-refractivity contribution in [3.05, 3.63) is 47.3 Å². The van der Waals surface area contributed by atoms with Crippen LogP contribution in [0.15, 0.2) is 24.7 Å². The van der Waals surface area contributed by atoms with E-state index in [1.54, 1.807) is 6.33 Å². The van der Waals surface area contributed by atoms with Crippen LogP contribution < -0.4 is 4.57 Å². The summed E-state index contributed by atoms with van der Waals surface area (Å²) in [7, 11) is -10.7. The van der Waals surface area contributed by atoms with Gasteiger partial charge in [0.25, 0.3) is 0 Å². The van der Waals surface area contributed by atoms with Crippen molar-refractivity contribution in [2.75, 3.05) is 0 Å². The van der Waals surface area contributed by atoms with Crippen LogP contribution in [0.4, 0.5) is 25.2 Å². The van der Waals surface area contributed by atoms with Gasteiger partial charge in [-0.3, -0.25) is 0 Å². The van der Waals surface area contributed by atoms with E-state index in [1.807, 2.05) is 6.20 Å². The van der Waals surface area contributed by atoms with Crippen LogP contribution in [0.25, 0.3) is 0 Å². The summed E-state index contributed by atoms with van der Waals surface area (Å²) in [5, 5.41) is 0. The number of rotatable bonds is 4. The molecule has 25 heavy (non-hydrogen) atoms. The second-order valence-electron chi connectivity index (χ2n) is 6.19. The molecule has 1 N–H and O–H groups in total. The van der Waals surface area contributed by atoms with Gasteiger partial charge in [-0.1, -0.05) is 13.8 Å². The molecule has 0 aliphatic carbocycles. The average Bonchev–Trinajstić information content (AvgIpc) is 2.86. The number of H-pyrrole nitrogens is 1. The maximum absolute atomic E-state index is 10.7. The molecule has 0 unspecified atom stereocenters. The zero-order valence-electron chi connectivity index (χ0n) is 14.4. The van der Waals surface area contributed by atoms with Crippen LogP contribution in [-0.2, 0) is 13.0 Å². The van der Waals surface area contributed by atoms with Gasteiger partial charge in [-0.2, -0.15) is 4.57 Å². The van der Waals surface area contributed by atoms with E-state index in [0.29, 0.717) is 5.92 Å². The van der Waals surface area contributed by atoms with E-state index in [9.17, 15) is 25.2 Å². The number of nitrogens with one attached hydrogen (secondary N) is 1. The van der Waals surface area contributed by atoms with Crippen LogP contribution in [0.2, 0.25) is 0 Å². The number of hydrogen-bond donors (Lipinski definition) is 1. The van der Waals surface area contributed by atoms with Gasteiger partial charge in [0.2, 0.25) is 0 Å². The molecule has 144 valence electrons. The van der Waals surface area contributed by atoms with Gasteiger partial charge >= 0.3 is 33.0 Å². The number of pyridine rings is 1. The van der Waals surface area contributed by atoms with Crippen molar-refractivity contribution in [2.45, 2.75) is 46.6 Å². The van der Waals surface area contributed by atoms with E-state index in [0.717, 1.165) is 13.0 Å². The van der Waals surface area contributed by atoms with E-state index in [2.05, 4.69) is 54.4 Å². The standard InChI is InChI=1S/C15H22N3.F6P/c1-11(2)15-8-12(3)7-13(4)18(15)6-5-14-9-16-10-17-14;1-7(2,3,4,5)6/h7-11H,5-6H2,1-4H3,(H,16,17);/q+1;-1. The van der Waals surface area contributed by atoms with Gasteiger partial charge in [0.1, 0.15) is 0 Å². The number of hydrogen-bond acceptors (Lipinski definition) is 1. The van der Waals surface area contributed by atoms with Gasteiger partial charge < -0.3 is 4.98 Å². The Balaban J connectivity index is 0.000000381. The Bertz CT molecular complexity index is 697. The van der Waals surface area contributed by atoms with Gasteiger partial charge in [-0.15, -0.1) is 0 Å². The third-order valence-corrected chi connectivity index (χ3v) is 3.30. The summed E-state index contributed by atoms with van der Waals surface area (Å²) in [6.07, 6.45) is 4.64. The predicted molar refractivity (Wildman–Crippen MR) is 86.1 cm³/mol. The molecule has 0 spiro atoms. The SMILES string of the molecule is Cc1cc(C)[n+](CCc2cnc[nH]2)c(C(C)C)c1.F[P-](F)(F)(F)(F)F. The number of aromatic amines is 1. The van der Waals surface area contributed by atoms with E-state index >= 15 is 0 Å². The predicted octanol–water partition coefficient (Wildman–Crippen LogP) is 6.06. The number of nitrogens with zero attached hydrogens (tertiary/aromatic N) is 2. The number of aryl methyl sites for hydroxylation is 3. The van der Waals surface area contributed by atoms with Gasteiger partial charge in [0, 0.05) is 43.3 Å². The second-order valence-corrected chi connectivity index (χ2v) is 8.11. The second kappa shape index (κ2) is 6.59. The maximum atomic E-state index is 9.87. The molecular weight excluding hydrogens is 367 g/mol. The first-order valence-electron chi connectivity index (χ1n) is 7.57. The monoisotopic (exact) mass is 389 g/mol. The molecule has 0 bridgehead atoms.